The minimum absolute atomic E-state index is 0.0649. The fourth-order valence-corrected chi connectivity index (χ4v) is 4.94. The number of phenols is 2. The first-order valence-electron chi connectivity index (χ1n) is 8.15. The molecule has 24 heavy (non-hydrogen) atoms. The highest BCUT2D eigenvalue weighted by molar-refractivity contribution is 6.07. The normalized spacial score (nSPS) is 34.8. The molecule has 1 spiro atoms. The van der Waals surface area contributed by atoms with Crippen molar-refractivity contribution in [3.63, 3.8) is 0 Å². The Morgan fingerprint density at radius 2 is 1.71 bits per heavy atom. The molecule has 2 saturated carbocycles. The van der Waals surface area contributed by atoms with Crippen molar-refractivity contribution in [2.45, 2.75) is 12.8 Å². The second kappa shape index (κ2) is 4.26. The molecule has 0 aromatic heterocycles. The van der Waals surface area contributed by atoms with Crippen molar-refractivity contribution in [3.8, 4) is 11.5 Å². The van der Waals surface area contributed by atoms with Gasteiger partial charge in [0.15, 0.2) is 0 Å². The molecule has 2 amide bonds. The smallest absolute Gasteiger partial charge is 0.254 e. The molecule has 1 saturated heterocycles. The number of aromatic hydroxyl groups is 2. The summed E-state index contributed by atoms with van der Waals surface area (Å²) in [5.74, 6) is -0.898. The van der Waals surface area contributed by atoms with Crippen LogP contribution in [0.3, 0.4) is 0 Å². The predicted octanol–water partition coefficient (Wildman–Crippen LogP) is 1.63. The molecular weight excluding hydrogens is 308 g/mol. The zero-order valence-corrected chi connectivity index (χ0v) is 12.8. The lowest BCUT2D eigenvalue weighted by atomic mass is 9.85. The summed E-state index contributed by atoms with van der Waals surface area (Å²) in [4.78, 5) is 25.4. The van der Waals surface area contributed by atoms with Crippen LogP contribution < -0.4 is 0 Å². The molecule has 1 aromatic rings. The Labute approximate surface area is 138 Å². The van der Waals surface area contributed by atoms with E-state index in [-0.39, 0.29) is 52.4 Å². The zero-order chi connectivity index (χ0) is 16.6. The largest absolute Gasteiger partial charge is 0.508 e. The molecule has 1 aliphatic heterocycles. The summed E-state index contributed by atoms with van der Waals surface area (Å²) >= 11 is 0. The van der Waals surface area contributed by atoms with Gasteiger partial charge in [0.2, 0.25) is 0 Å². The summed E-state index contributed by atoms with van der Waals surface area (Å²) in [6, 6.07) is 4.07. The molecule has 3 aliphatic carbocycles. The zero-order valence-electron chi connectivity index (χ0n) is 12.8. The molecule has 1 heterocycles. The van der Waals surface area contributed by atoms with Gasteiger partial charge in [-0.15, -0.1) is 0 Å². The number of carbonyl (C=O) groups excluding carboxylic acids is 2. The van der Waals surface area contributed by atoms with Gasteiger partial charge >= 0.3 is 0 Å². The molecule has 3 fully saturated rings. The van der Waals surface area contributed by atoms with E-state index in [9.17, 15) is 19.8 Å². The van der Waals surface area contributed by atoms with Gasteiger partial charge in [-0.05, 0) is 42.2 Å². The van der Waals surface area contributed by atoms with Gasteiger partial charge in [-0.3, -0.25) is 9.59 Å². The minimum atomic E-state index is -0.277. The van der Waals surface area contributed by atoms with Crippen molar-refractivity contribution in [1.82, 2.24) is 5.01 Å². The van der Waals surface area contributed by atoms with E-state index in [0.29, 0.717) is 5.56 Å². The molecule has 122 valence electrons. The third kappa shape index (κ3) is 1.53. The standard InChI is InChI=1S/C18H16N2O4/c21-10-2-1-9(13(22)7-10)8-19-20-16(23)14-11-3-4-12(15(14)17(20)24)18(11)5-6-18/h1-4,7-8,11-12,14-15,21-22H,5-6H2/b19-8-/t11-,12-,14-,15-/m0/s1. The number of amides is 2. The fourth-order valence-electron chi connectivity index (χ4n) is 4.94. The number of carbonyl (C=O) groups is 2. The van der Waals surface area contributed by atoms with E-state index in [4.69, 9.17) is 0 Å². The maximum Gasteiger partial charge on any atom is 0.254 e. The monoisotopic (exact) mass is 324 g/mol. The van der Waals surface area contributed by atoms with Crippen LogP contribution in [-0.2, 0) is 9.59 Å². The van der Waals surface area contributed by atoms with Crippen LogP contribution in [0.2, 0.25) is 0 Å². The fraction of sp³-hybridized carbons (Fsp3) is 0.389. The number of imide groups is 1. The highest BCUT2D eigenvalue weighted by atomic mass is 16.3. The van der Waals surface area contributed by atoms with E-state index >= 15 is 0 Å². The second-order valence-corrected chi connectivity index (χ2v) is 7.20. The van der Waals surface area contributed by atoms with Gasteiger partial charge in [-0.2, -0.15) is 10.1 Å². The van der Waals surface area contributed by atoms with Gasteiger partial charge in [0, 0.05) is 11.6 Å². The van der Waals surface area contributed by atoms with Crippen LogP contribution in [0.15, 0.2) is 35.5 Å². The summed E-state index contributed by atoms with van der Waals surface area (Å²) in [6.07, 6.45) is 7.72. The number of nitrogens with zero attached hydrogens (tertiary/aromatic N) is 2. The minimum Gasteiger partial charge on any atom is -0.508 e. The number of phenolic OH excluding ortho intramolecular Hbond substituents is 2. The molecule has 2 N–H and O–H groups in total. The van der Waals surface area contributed by atoms with Gasteiger partial charge in [0.25, 0.3) is 11.8 Å². The Morgan fingerprint density at radius 3 is 2.25 bits per heavy atom. The van der Waals surface area contributed by atoms with Gasteiger partial charge in [-0.25, -0.2) is 0 Å². The van der Waals surface area contributed by atoms with Crippen LogP contribution in [0, 0.1) is 29.1 Å². The van der Waals surface area contributed by atoms with Gasteiger partial charge < -0.3 is 10.2 Å². The summed E-state index contributed by atoms with van der Waals surface area (Å²) in [5.41, 5.74) is 0.510. The van der Waals surface area contributed by atoms with Crippen molar-refractivity contribution in [1.29, 1.82) is 0 Å². The lowest BCUT2D eigenvalue weighted by Crippen LogP contribution is -2.30. The van der Waals surface area contributed by atoms with Crippen molar-refractivity contribution in [2.24, 2.45) is 34.2 Å². The average molecular weight is 324 g/mol. The number of allylic oxidation sites excluding steroid dienone is 2. The van der Waals surface area contributed by atoms with Crippen LogP contribution in [0.1, 0.15) is 18.4 Å². The van der Waals surface area contributed by atoms with Gasteiger partial charge in [-0.1, -0.05) is 12.2 Å². The van der Waals surface area contributed by atoms with Crippen LogP contribution >= 0.6 is 0 Å². The number of fused-ring (bicyclic) bond motifs is 3. The summed E-state index contributed by atoms with van der Waals surface area (Å²) < 4.78 is 0. The molecule has 4 aliphatic rings. The Bertz CT molecular complexity index is 805. The van der Waals surface area contributed by atoms with Crippen molar-refractivity contribution < 1.29 is 19.8 Å². The van der Waals surface area contributed by atoms with E-state index in [1.807, 2.05) is 0 Å². The second-order valence-electron chi connectivity index (χ2n) is 7.20. The third-order valence-electron chi connectivity index (χ3n) is 6.16. The van der Waals surface area contributed by atoms with Crippen molar-refractivity contribution in [3.05, 3.63) is 35.9 Å². The van der Waals surface area contributed by atoms with E-state index in [1.54, 1.807) is 0 Å². The van der Waals surface area contributed by atoms with Gasteiger partial charge in [0.05, 0.1) is 18.1 Å². The molecule has 6 heteroatoms. The summed E-state index contributed by atoms with van der Waals surface area (Å²) in [6.45, 7) is 0. The molecule has 2 bridgehead atoms. The molecule has 4 atom stereocenters. The highest BCUT2D eigenvalue weighted by Gasteiger charge is 2.73. The number of hydrogen-bond acceptors (Lipinski definition) is 5. The average Bonchev–Trinajstić information content (AvgIpc) is 3.15. The summed E-state index contributed by atoms with van der Waals surface area (Å²) in [7, 11) is 0. The van der Waals surface area contributed by atoms with Crippen LogP contribution in [0.25, 0.3) is 0 Å². The highest BCUT2D eigenvalue weighted by Crippen LogP contribution is 2.73. The van der Waals surface area contributed by atoms with E-state index in [0.717, 1.165) is 17.9 Å². The van der Waals surface area contributed by atoms with Crippen LogP contribution in [-0.4, -0.2) is 33.3 Å². The third-order valence-corrected chi connectivity index (χ3v) is 6.16. The predicted molar refractivity (Wildman–Crippen MR) is 84.0 cm³/mol. The molecular formula is C18H16N2O4. The number of rotatable bonds is 2. The Kier molecular flexibility index (Phi) is 2.44. The SMILES string of the molecule is O=C1[C@@H]2[C@@H](C(=O)N1/N=C\c1ccc(O)cc1O)[C@@H]1C=C[C@@H]2C12CC2. The molecule has 0 radical (unpaired) electrons. The molecule has 1 aromatic carbocycles. The number of benzene rings is 1. The number of hydrogen-bond donors (Lipinski definition) is 2. The maximum atomic E-state index is 12.7. The Hall–Kier alpha value is -2.63. The first-order valence-corrected chi connectivity index (χ1v) is 8.15. The molecule has 6 nitrogen and oxygen atoms in total. The van der Waals surface area contributed by atoms with Gasteiger partial charge in [0.1, 0.15) is 11.5 Å². The van der Waals surface area contributed by atoms with Crippen LogP contribution in [0.4, 0.5) is 0 Å². The van der Waals surface area contributed by atoms with E-state index in [2.05, 4.69) is 17.3 Å². The van der Waals surface area contributed by atoms with Crippen LogP contribution in [0.5, 0.6) is 11.5 Å². The number of hydrazone groups is 1. The quantitative estimate of drug-likeness (QED) is 0.491. The van der Waals surface area contributed by atoms with E-state index < -0.39 is 0 Å². The Morgan fingerprint density at radius 1 is 1.08 bits per heavy atom. The summed E-state index contributed by atoms with van der Waals surface area (Å²) in [5, 5.41) is 24.1. The molecule has 5 rings (SSSR count). The first kappa shape index (κ1) is 13.8. The molecule has 0 unspecified atom stereocenters. The van der Waals surface area contributed by atoms with Crippen molar-refractivity contribution in [2.75, 3.05) is 0 Å². The lowest BCUT2D eigenvalue weighted by molar-refractivity contribution is -0.141. The van der Waals surface area contributed by atoms with Crippen molar-refractivity contribution >= 4 is 18.0 Å². The maximum absolute atomic E-state index is 12.7. The lowest BCUT2D eigenvalue weighted by Gasteiger charge is -2.18. The van der Waals surface area contributed by atoms with E-state index in [1.165, 1.54) is 24.4 Å². The topological polar surface area (TPSA) is 90.2 Å². The first-order chi connectivity index (χ1) is 11.5. The Balaban J connectivity index is 1.44.